The molecule has 1 aromatic heterocycles. The molecule has 214 valence electrons. The largest absolute Gasteiger partial charge is 0.456 e. The number of nitrogens with zero attached hydrogens (tertiary/aromatic N) is 1. The fraction of sp³-hybridized carbons (Fsp3) is 0. The molecule has 0 spiro atoms. The minimum atomic E-state index is 0.894. The Balaban J connectivity index is 1.29. The Kier molecular flexibility index (Phi) is 5.31. The monoisotopic (exact) mass is 585 g/mol. The third kappa shape index (κ3) is 3.59. The predicted octanol–water partition coefficient (Wildman–Crippen LogP) is 12.2. The molecule has 0 amide bonds. The normalized spacial score (nSPS) is 12.1. The maximum atomic E-state index is 6.46. The van der Waals surface area contributed by atoms with Crippen molar-refractivity contribution >= 4 is 43.4 Å². The lowest BCUT2D eigenvalue weighted by molar-refractivity contribution is 0.487. The highest BCUT2D eigenvalue weighted by atomic mass is 16.5. The van der Waals surface area contributed by atoms with E-state index < -0.39 is 0 Å². The molecule has 0 bridgehead atoms. The summed E-state index contributed by atoms with van der Waals surface area (Å²) in [4.78, 5) is 0. The Morgan fingerprint density at radius 1 is 0.391 bits per heavy atom. The molecular weight excluding hydrogens is 558 g/mol. The average molecular weight is 586 g/mol. The molecule has 0 unspecified atom stereocenters. The van der Waals surface area contributed by atoms with E-state index in [4.69, 9.17) is 4.74 Å². The number of hydrogen-bond acceptors (Lipinski definition) is 1. The van der Waals surface area contributed by atoms with Crippen LogP contribution in [0.2, 0.25) is 0 Å². The molecule has 0 saturated heterocycles. The summed E-state index contributed by atoms with van der Waals surface area (Å²) >= 11 is 0. The Morgan fingerprint density at radius 2 is 1.09 bits per heavy atom. The molecular formula is C44H27NO. The maximum Gasteiger partial charge on any atom is 0.135 e. The molecule has 0 fully saturated rings. The molecule has 2 nitrogen and oxygen atoms in total. The highest BCUT2D eigenvalue weighted by Crippen LogP contribution is 2.49. The fourth-order valence-electron chi connectivity index (χ4n) is 7.61. The molecule has 0 saturated carbocycles. The van der Waals surface area contributed by atoms with E-state index in [9.17, 15) is 0 Å². The highest BCUT2D eigenvalue weighted by molar-refractivity contribution is 6.24. The lowest BCUT2D eigenvalue weighted by atomic mass is 9.87. The molecule has 46 heavy (non-hydrogen) atoms. The van der Waals surface area contributed by atoms with Crippen LogP contribution in [-0.2, 0) is 0 Å². The summed E-state index contributed by atoms with van der Waals surface area (Å²) in [5.74, 6) is 1.81. The minimum absolute atomic E-state index is 0.894. The molecule has 0 N–H and O–H groups in total. The van der Waals surface area contributed by atoms with E-state index in [0.717, 1.165) is 22.7 Å². The lowest BCUT2D eigenvalue weighted by Crippen LogP contribution is -1.97. The van der Waals surface area contributed by atoms with Crippen molar-refractivity contribution in [1.82, 2.24) is 4.57 Å². The van der Waals surface area contributed by atoms with Crippen LogP contribution in [0, 0.1) is 0 Å². The van der Waals surface area contributed by atoms with Crippen molar-refractivity contribution in [2.24, 2.45) is 0 Å². The van der Waals surface area contributed by atoms with Crippen LogP contribution in [0.4, 0.5) is 0 Å². The summed E-state index contributed by atoms with van der Waals surface area (Å²) in [7, 11) is 0. The van der Waals surface area contributed by atoms with Crippen LogP contribution < -0.4 is 4.74 Å². The standard InChI is InChI=1S/C44H27NO/c1-2-15-31(16-3-1)45-38-22-9-8-20-36(38)44-39(45)27-29-12-4-5-18-33(29)43(44)34-19-7-6-17-32(34)30-24-25-40-37(26-30)35-21-10-13-28-14-11-23-41(46-40)42(28)35/h1-27H. The van der Waals surface area contributed by atoms with Gasteiger partial charge in [-0.05, 0) is 80.9 Å². The van der Waals surface area contributed by atoms with Crippen molar-refractivity contribution in [3.05, 3.63) is 164 Å². The van der Waals surface area contributed by atoms with E-state index in [-0.39, 0.29) is 0 Å². The smallest absolute Gasteiger partial charge is 0.135 e. The molecule has 2 heteroatoms. The first-order valence-corrected chi connectivity index (χ1v) is 15.8. The van der Waals surface area contributed by atoms with E-state index in [0.29, 0.717) is 0 Å². The molecule has 1 aliphatic rings. The molecule has 2 heterocycles. The lowest BCUT2D eigenvalue weighted by Gasteiger charge is -2.22. The second-order valence-corrected chi connectivity index (χ2v) is 12.1. The average Bonchev–Trinajstić information content (AvgIpc) is 3.45. The van der Waals surface area contributed by atoms with Gasteiger partial charge in [-0.25, -0.2) is 0 Å². The summed E-state index contributed by atoms with van der Waals surface area (Å²) in [6, 6.07) is 59.0. The van der Waals surface area contributed by atoms with E-state index >= 15 is 0 Å². The van der Waals surface area contributed by atoms with Crippen molar-refractivity contribution in [2.45, 2.75) is 0 Å². The first kappa shape index (κ1) is 25.2. The molecule has 0 radical (unpaired) electrons. The van der Waals surface area contributed by atoms with Gasteiger partial charge in [-0.1, -0.05) is 121 Å². The number of rotatable bonds is 3. The van der Waals surface area contributed by atoms with Crippen LogP contribution in [0.25, 0.3) is 82.4 Å². The minimum Gasteiger partial charge on any atom is -0.456 e. The van der Waals surface area contributed by atoms with Crippen molar-refractivity contribution < 1.29 is 4.74 Å². The Labute approximate surface area is 266 Å². The molecule has 0 atom stereocenters. The molecule has 0 aliphatic carbocycles. The molecule has 8 aromatic carbocycles. The van der Waals surface area contributed by atoms with Gasteiger partial charge in [0.1, 0.15) is 11.5 Å². The zero-order valence-corrected chi connectivity index (χ0v) is 24.9. The molecule has 1 aliphatic heterocycles. The predicted molar refractivity (Wildman–Crippen MR) is 192 cm³/mol. The van der Waals surface area contributed by atoms with Gasteiger partial charge in [-0.2, -0.15) is 0 Å². The van der Waals surface area contributed by atoms with Crippen LogP contribution >= 0.6 is 0 Å². The third-order valence-corrected chi connectivity index (χ3v) is 9.56. The van der Waals surface area contributed by atoms with Gasteiger partial charge in [0.25, 0.3) is 0 Å². The maximum absolute atomic E-state index is 6.46. The Hall–Kier alpha value is -6.12. The Morgan fingerprint density at radius 3 is 1.98 bits per heavy atom. The summed E-state index contributed by atoms with van der Waals surface area (Å²) < 4.78 is 8.88. The van der Waals surface area contributed by atoms with Gasteiger partial charge in [0, 0.05) is 33.0 Å². The highest BCUT2D eigenvalue weighted by Gasteiger charge is 2.23. The van der Waals surface area contributed by atoms with Gasteiger partial charge in [-0.15, -0.1) is 0 Å². The quantitative estimate of drug-likeness (QED) is 0.201. The van der Waals surface area contributed by atoms with Crippen LogP contribution in [0.5, 0.6) is 11.5 Å². The van der Waals surface area contributed by atoms with Gasteiger partial charge >= 0.3 is 0 Å². The van der Waals surface area contributed by atoms with Crippen LogP contribution in [0.1, 0.15) is 0 Å². The fourth-order valence-corrected chi connectivity index (χ4v) is 7.61. The summed E-state index contributed by atoms with van der Waals surface area (Å²) in [6.45, 7) is 0. The summed E-state index contributed by atoms with van der Waals surface area (Å²) in [5.41, 5.74) is 10.8. The summed E-state index contributed by atoms with van der Waals surface area (Å²) in [6.07, 6.45) is 0. The van der Waals surface area contributed by atoms with Gasteiger partial charge in [-0.3, -0.25) is 0 Å². The number of fused-ring (bicyclic) bond motifs is 6. The topological polar surface area (TPSA) is 14.2 Å². The number of benzene rings is 8. The Bertz CT molecular complexity index is 2660. The van der Waals surface area contributed by atoms with Crippen molar-refractivity contribution in [1.29, 1.82) is 0 Å². The van der Waals surface area contributed by atoms with Crippen LogP contribution in [-0.4, -0.2) is 4.57 Å². The van der Waals surface area contributed by atoms with Crippen LogP contribution in [0.15, 0.2) is 164 Å². The van der Waals surface area contributed by atoms with Gasteiger partial charge in [0.15, 0.2) is 0 Å². The number of para-hydroxylation sites is 2. The molecule has 9 aromatic rings. The third-order valence-electron chi connectivity index (χ3n) is 9.56. The van der Waals surface area contributed by atoms with Gasteiger partial charge in [0.2, 0.25) is 0 Å². The SMILES string of the molecule is c1ccc(-n2c3ccccc3c3c(-c4ccccc4-c4ccc5c(c4)-c4cccc6cccc(c46)O5)c4ccccc4cc32)cc1. The second-order valence-electron chi connectivity index (χ2n) is 12.1. The first-order valence-electron chi connectivity index (χ1n) is 15.8. The van der Waals surface area contributed by atoms with E-state index in [1.807, 2.05) is 0 Å². The van der Waals surface area contributed by atoms with E-state index in [2.05, 4.69) is 168 Å². The number of ether oxygens (including phenoxy) is 1. The van der Waals surface area contributed by atoms with E-state index in [1.54, 1.807) is 0 Å². The zero-order chi connectivity index (χ0) is 30.2. The molecule has 10 rings (SSSR count). The van der Waals surface area contributed by atoms with E-state index in [1.165, 1.54) is 71.2 Å². The number of aromatic nitrogens is 1. The van der Waals surface area contributed by atoms with Crippen LogP contribution in [0.3, 0.4) is 0 Å². The van der Waals surface area contributed by atoms with Gasteiger partial charge in [0.05, 0.1) is 11.0 Å². The number of hydrogen-bond donors (Lipinski definition) is 0. The second kappa shape index (κ2) is 9.69. The zero-order valence-electron chi connectivity index (χ0n) is 24.9. The van der Waals surface area contributed by atoms with Crippen molar-refractivity contribution in [3.63, 3.8) is 0 Å². The summed E-state index contributed by atoms with van der Waals surface area (Å²) in [5, 5.41) is 7.36. The van der Waals surface area contributed by atoms with Gasteiger partial charge < -0.3 is 9.30 Å². The van der Waals surface area contributed by atoms with Crippen molar-refractivity contribution in [2.75, 3.05) is 0 Å². The first-order chi connectivity index (χ1) is 22.8. The van der Waals surface area contributed by atoms with Crippen molar-refractivity contribution in [3.8, 4) is 50.6 Å².